The molecule has 0 unspecified atom stereocenters. The number of nitrogens with one attached hydrogen (secondary N) is 1. The van der Waals surface area contributed by atoms with E-state index in [2.05, 4.69) is 40.4 Å². The summed E-state index contributed by atoms with van der Waals surface area (Å²) in [6.07, 6.45) is 12.2. The Morgan fingerprint density at radius 2 is 1.86 bits per heavy atom. The van der Waals surface area contributed by atoms with Crippen molar-refractivity contribution in [3.63, 3.8) is 0 Å². The van der Waals surface area contributed by atoms with Gasteiger partial charge in [-0.3, -0.25) is 10.3 Å². The number of fused-ring (bicyclic) bond motifs is 2. The molecule has 2 heterocycles. The largest absolute Gasteiger partial charge is 0.461 e. The topological polar surface area (TPSA) is 67.6 Å². The average Bonchev–Trinajstić information content (AvgIpc) is 3.18. The first kappa shape index (κ1) is 25.3. The molecule has 0 atom stereocenters. The van der Waals surface area contributed by atoms with Gasteiger partial charge in [0.15, 0.2) is 0 Å². The van der Waals surface area contributed by atoms with E-state index in [0.29, 0.717) is 0 Å². The van der Waals surface area contributed by atoms with E-state index in [1.54, 1.807) is 0 Å². The van der Waals surface area contributed by atoms with Crippen LogP contribution in [0.1, 0.15) is 61.8 Å². The molecule has 1 amide bonds. The summed E-state index contributed by atoms with van der Waals surface area (Å²) in [6, 6.07) is 14.4. The number of carbonyl (C=O) groups excluding carboxylic acids is 1. The van der Waals surface area contributed by atoms with Gasteiger partial charge in [-0.05, 0) is 87.4 Å². The Labute approximate surface area is 219 Å². The molecule has 2 aromatic heterocycles. The van der Waals surface area contributed by atoms with Crippen molar-refractivity contribution in [3.8, 4) is 0 Å². The smallest absolute Gasteiger partial charge is 0.411 e. The second-order valence-electron chi connectivity index (χ2n) is 10.4. The number of aromatic nitrogens is 1. The van der Waals surface area contributed by atoms with Crippen molar-refractivity contribution in [2.45, 2.75) is 70.9 Å². The zero-order valence-electron chi connectivity index (χ0n) is 22.0. The third kappa shape index (κ3) is 6.50. The number of benzene rings is 2. The second kappa shape index (κ2) is 11.8. The summed E-state index contributed by atoms with van der Waals surface area (Å²) in [6.45, 7) is 3.77. The van der Waals surface area contributed by atoms with Gasteiger partial charge in [0.05, 0.1) is 0 Å². The van der Waals surface area contributed by atoms with Crippen LogP contribution < -0.4 is 5.32 Å². The number of carbonyl (C=O) groups is 1. The molecule has 4 aromatic rings. The minimum atomic E-state index is -0.364. The summed E-state index contributed by atoms with van der Waals surface area (Å²) >= 11 is 0. The zero-order valence-corrected chi connectivity index (χ0v) is 22.0. The van der Waals surface area contributed by atoms with E-state index >= 15 is 0 Å². The monoisotopic (exact) mass is 499 g/mol. The molecule has 0 aliphatic heterocycles. The van der Waals surface area contributed by atoms with Crippen molar-refractivity contribution >= 4 is 33.5 Å². The number of furan rings is 1. The van der Waals surface area contributed by atoms with Gasteiger partial charge in [-0.2, -0.15) is 0 Å². The molecule has 0 saturated heterocycles. The van der Waals surface area contributed by atoms with Gasteiger partial charge in [-0.25, -0.2) is 4.79 Å². The lowest BCUT2D eigenvalue weighted by atomic mass is 9.99. The van der Waals surface area contributed by atoms with E-state index in [-0.39, 0.29) is 12.2 Å². The van der Waals surface area contributed by atoms with Crippen LogP contribution in [0.5, 0.6) is 0 Å². The highest BCUT2D eigenvalue weighted by molar-refractivity contribution is 5.91. The molecule has 194 valence electrons. The van der Waals surface area contributed by atoms with Crippen LogP contribution in [-0.4, -0.2) is 35.7 Å². The number of hydrogen-bond acceptors (Lipinski definition) is 5. The third-order valence-electron chi connectivity index (χ3n) is 7.47. The predicted molar refractivity (Wildman–Crippen MR) is 149 cm³/mol. The van der Waals surface area contributed by atoms with Crippen molar-refractivity contribution < 1.29 is 13.9 Å². The summed E-state index contributed by atoms with van der Waals surface area (Å²) in [5.74, 6) is 0.925. The fourth-order valence-electron chi connectivity index (χ4n) is 5.42. The maximum Gasteiger partial charge on any atom is 0.411 e. The number of amides is 1. The summed E-state index contributed by atoms with van der Waals surface area (Å²) in [7, 11) is 2.14. The molecule has 1 aliphatic rings. The molecular formula is C31H37N3O3. The molecule has 0 bridgehead atoms. The molecule has 1 aliphatic carbocycles. The molecule has 1 fully saturated rings. The van der Waals surface area contributed by atoms with Gasteiger partial charge in [0.1, 0.15) is 17.4 Å². The van der Waals surface area contributed by atoms with Crippen LogP contribution >= 0.6 is 0 Å². The number of likely N-dealkylation sites (N-methyl/N-ethyl adjacent to an activating group) is 1. The van der Waals surface area contributed by atoms with Crippen molar-refractivity contribution in [1.29, 1.82) is 0 Å². The molecule has 37 heavy (non-hydrogen) atoms. The lowest BCUT2D eigenvalue weighted by molar-refractivity contribution is 0.0933. The SMILES string of the molecule is Cc1oc2ccc(NC(=O)OC3CCCCCCC3)cc2c1CCN(C)Cc1ccc2ccncc2c1. The molecule has 0 spiro atoms. The quantitative estimate of drug-likeness (QED) is 0.283. The number of rotatable bonds is 7. The first-order chi connectivity index (χ1) is 18.0. The lowest BCUT2D eigenvalue weighted by Gasteiger charge is -2.20. The number of pyridine rings is 1. The van der Waals surface area contributed by atoms with E-state index in [1.165, 1.54) is 35.8 Å². The Kier molecular flexibility index (Phi) is 8.05. The minimum absolute atomic E-state index is 0.0187. The second-order valence-corrected chi connectivity index (χ2v) is 10.4. The van der Waals surface area contributed by atoms with Gasteiger partial charge in [-0.15, -0.1) is 0 Å². The summed E-state index contributed by atoms with van der Waals surface area (Å²) in [5, 5.41) is 6.37. The molecular weight excluding hydrogens is 462 g/mol. The third-order valence-corrected chi connectivity index (χ3v) is 7.47. The van der Waals surface area contributed by atoms with E-state index < -0.39 is 0 Å². The Morgan fingerprint density at radius 3 is 2.70 bits per heavy atom. The van der Waals surface area contributed by atoms with Crippen LogP contribution in [0.25, 0.3) is 21.7 Å². The number of aryl methyl sites for hydroxylation is 1. The average molecular weight is 500 g/mol. The van der Waals surface area contributed by atoms with Gasteiger partial charge >= 0.3 is 6.09 Å². The fraction of sp³-hybridized carbons (Fsp3) is 0.419. The van der Waals surface area contributed by atoms with Gasteiger partial charge in [0.2, 0.25) is 0 Å². The molecule has 2 aromatic carbocycles. The predicted octanol–water partition coefficient (Wildman–Crippen LogP) is 7.63. The summed E-state index contributed by atoms with van der Waals surface area (Å²) in [4.78, 5) is 19.2. The molecule has 5 rings (SSSR count). The Balaban J connectivity index is 1.21. The number of ether oxygens (including phenoxy) is 1. The first-order valence-electron chi connectivity index (χ1n) is 13.6. The van der Waals surface area contributed by atoms with Crippen LogP contribution in [0.15, 0.2) is 59.3 Å². The van der Waals surface area contributed by atoms with Crippen molar-refractivity contribution in [1.82, 2.24) is 9.88 Å². The number of anilines is 1. The van der Waals surface area contributed by atoms with Crippen molar-refractivity contribution in [3.05, 3.63) is 71.7 Å². The number of hydrogen-bond donors (Lipinski definition) is 1. The van der Waals surface area contributed by atoms with Crippen molar-refractivity contribution in [2.24, 2.45) is 0 Å². The minimum Gasteiger partial charge on any atom is -0.461 e. The summed E-state index contributed by atoms with van der Waals surface area (Å²) in [5.41, 5.74) is 4.03. The van der Waals surface area contributed by atoms with Gasteiger partial charge in [-0.1, -0.05) is 31.4 Å². The normalized spacial score (nSPS) is 15.1. The standard InChI is InChI=1S/C31H37N3O3/c1-22-28(15-17-34(2)21-23-10-11-24-14-16-32-20-25(24)18-23)29-19-26(12-13-30(29)36-22)33-31(35)37-27-8-6-4-3-5-7-9-27/h10-14,16,18-20,27H,3-9,15,17,21H2,1-2H3,(H,33,35). The van der Waals surface area contributed by atoms with Gasteiger partial charge in [0.25, 0.3) is 0 Å². The molecule has 1 saturated carbocycles. The molecule has 0 radical (unpaired) electrons. The zero-order chi connectivity index (χ0) is 25.6. The Morgan fingerprint density at radius 1 is 1.05 bits per heavy atom. The Hall–Kier alpha value is -3.38. The summed E-state index contributed by atoms with van der Waals surface area (Å²) < 4.78 is 11.8. The maximum atomic E-state index is 12.6. The van der Waals surface area contributed by atoms with Gasteiger partial charge < -0.3 is 14.1 Å². The number of nitrogens with zero attached hydrogens (tertiary/aromatic N) is 2. The van der Waals surface area contributed by atoms with E-state index in [0.717, 1.165) is 73.0 Å². The van der Waals surface area contributed by atoms with Gasteiger partial charge in [0, 0.05) is 47.5 Å². The lowest BCUT2D eigenvalue weighted by Crippen LogP contribution is -2.23. The molecule has 6 nitrogen and oxygen atoms in total. The van der Waals surface area contributed by atoms with Crippen LogP contribution in [-0.2, 0) is 17.7 Å². The van der Waals surface area contributed by atoms with Crippen LogP contribution in [0.3, 0.4) is 0 Å². The first-order valence-corrected chi connectivity index (χ1v) is 13.6. The van der Waals surface area contributed by atoms with E-state index in [4.69, 9.17) is 9.15 Å². The fourth-order valence-corrected chi connectivity index (χ4v) is 5.42. The highest BCUT2D eigenvalue weighted by Gasteiger charge is 2.17. The van der Waals surface area contributed by atoms with Crippen LogP contribution in [0, 0.1) is 6.92 Å². The Bertz CT molecular complexity index is 1350. The highest BCUT2D eigenvalue weighted by Crippen LogP contribution is 2.29. The van der Waals surface area contributed by atoms with E-state index in [1.807, 2.05) is 43.6 Å². The van der Waals surface area contributed by atoms with Crippen molar-refractivity contribution in [2.75, 3.05) is 18.9 Å². The molecule has 1 N–H and O–H groups in total. The van der Waals surface area contributed by atoms with Crippen LogP contribution in [0.2, 0.25) is 0 Å². The van der Waals surface area contributed by atoms with Crippen LogP contribution in [0.4, 0.5) is 10.5 Å². The van der Waals surface area contributed by atoms with E-state index in [9.17, 15) is 4.79 Å². The molecule has 6 heteroatoms. The highest BCUT2D eigenvalue weighted by atomic mass is 16.6. The maximum absolute atomic E-state index is 12.6.